The standard InChI is InChI=1S/C50H78NO9P/c1-6-8-9-10-11-12-13-14-15-16-17-18-19-23-26-29-32-35-38-41-49(53)57-45-48(46-59-61(55,56)58-44-43-51(3,4)5)60-50(54)42-39-36-33-30-27-24-21-20-22-25-28-31-34-37-40-47(52)7-2/h8-9,11-12,14-15,17-18,21-26,30-35,37,40,47-48,52H,6-7,10,13,16,19-20,27-29,36,38-39,41-46H2,1-5H3/p+1/b9-8-,12-11-,15-14-,18-17-,24-21-,25-22-,26-23-,33-30-,34-31-,35-32-,40-37+/t47-,48-/m1/s1. The van der Waals surface area contributed by atoms with Crippen molar-refractivity contribution in [3.8, 4) is 0 Å². The van der Waals surface area contributed by atoms with E-state index in [1.807, 2.05) is 70.6 Å². The monoisotopic (exact) mass is 869 g/mol. The van der Waals surface area contributed by atoms with Gasteiger partial charge in [-0.05, 0) is 83.5 Å². The smallest absolute Gasteiger partial charge is 0.462 e. The fourth-order valence-electron chi connectivity index (χ4n) is 4.79. The summed E-state index contributed by atoms with van der Waals surface area (Å²) in [6.07, 6.45) is 54.8. The van der Waals surface area contributed by atoms with E-state index in [2.05, 4.69) is 92.0 Å². The molecule has 0 aliphatic rings. The summed E-state index contributed by atoms with van der Waals surface area (Å²) in [6.45, 7) is 3.77. The number of carbonyl (C=O) groups is 2. The van der Waals surface area contributed by atoms with Crippen molar-refractivity contribution in [3.63, 3.8) is 0 Å². The van der Waals surface area contributed by atoms with Gasteiger partial charge in [0.2, 0.25) is 0 Å². The van der Waals surface area contributed by atoms with Gasteiger partial charge in [0.05, 0.1) is 33.9 Å². The lowest BCUT2D eigenvalue weighted by Gasteiger charge is -2.24. The van der Waals surface area contributed by atoms with E-state index < -0.39 is 32.5 Å². The molecule has 2 N–H and O–H groups in total. The number of carbonyl (C=O) groups excluding carboxylic acids is 2. The molecule has 3 atom stereocenters. The van der Waals surface area contributed by atoms with Gasteiger partial charge in [-0.25, -0.2) is 4.57 Å². The van der Waals surface area contributed by atoms with Crippen molar-refractivity contribution in [1.29, 1.82) is 0 Å². The Morgan fingerprint density at radius 2 is 1.07 bits per heavy atom. The van der Waals surface area contributed by atoms with E-state index in [1.165, 1.54) is 0 Å². The third-order valence-electron chi connectivity index (χ3n) is 8.35. The number of allylic oxidation sites excluding steroid dienone is 21. The Morgan fingerprint density at radius 3 is 1.56 bits per heavy atom. The maximum Gasteiger partial charge on any atom is 0.472 e. The number of hydrogen-bond acceptors (Lipinski definition) is 8. The first-order valence-electron chi connectivity index (χ1n) is 22.0. The van der Waals surface area contributed by atoms with Crippen molar-refractivity contribution in [2.24, 2.45) is 0 Å². The molecule has 0 rings (SSSR count). The highest BCUT2D eigenvalue weighted by atomic mass is 31.2. The van der Waals surface area contributed by atoms with Crippen LogP contribution >= 0.6 is 7.82 Å². The van der Waals surface area contributed by atoms with Crippen molar-refractivity contribution in [1.82, 2.24) is 0 Å². The van der Waals surface area contributed by atoms with E-state index in [0.29, 0.717) is 36.7 Å². The molecule has 0 bridgehead atoms. The van der Waals surface area contributed by atoms with Gasteiger partial charge in [0.25, 0.3) is 0 Å². The number of likely N-dealkylation sites (N-methyl/N-ethyl adjacent to an activating group) is 1. The Hall–Kier alpha value is -3.89. The third kappa shape index (κ3) is 44.0. The van der Waals surface area contributed by atoms with E-state index in [1.54, 1.807) is 6.08 Å². The Bertz CT molecular complexity index is 1510. The van der Waals surface area contributed by atoms with E-state index >= 15 is 0 Å². The van der Waals surface area contributed by atoms with Crippen LogP contribution in [0.2, 0.25) is 0 Å². The van der Waals surface area contributed by atoms with E-state index in [-0.39, 0.29) is 32.2 Å². The summed E-state index contributed by atoms with van der Waals surface area (Å²) in [4.78, 5) is 35.3. The first-order chi connectivity index (χ1) is 29.4. The first-order valence-corrected chi connectivity index (χ1v) is 23.5. The molecule has 0 spiro atoms. The van der Waals surface area contributed by atoms with Gasteiger partial charge in [-0.1, -0.05) is 148 Å². The van der Waals surface area contributed by atoms with Gasteiger partial charge in [-0.3, -0.25) is 18.6 Å². The summed E-state index contributed by atoms with van der Waals surface area (Å²) < 4.78 is 34.1. The number of unbranched alkanes of at least 4 members (excludes halogenated alkanes) is 1. The number of phosphoric acid groups is 1. The van der Waals surface area contributed by atoms with Crippen LogP contribution in [-0.2, 0) is 32.7 Å². The minimum Gasteiger partial charge on any atom is -0.462 e. The lowest BCUT2D eigenvalue weighted by atomic mass is 10.2. The molecule has 0 aliphatic carbocycles. The SMILES string of the molecule is CC/C=C\C/C=C\C/C=C\C/C=C\C/C=C\C/C=C\CCC(=O)OC[C@H](COP(=O)(O)OCC[N+](C)(C)C)OC(=O)CCC/C=C\C/C=C\C/C=C\C/C=C\C=C\[C@H](O)CC. The predicted octanol–water partition coefficient (Wildman–Crippen LogP) is 11.7. The number of nitrogens with zero attached hydrogens (tertiary/aromatic N) is 1. The number of aliphatic hydroxyl groups excluding tert-OH is 1. The molecular weight excluding hydrogens is 790 g/mol. The highest BCUT2D eigenvalue weighted by molar-refractivity contribution is 7.47. The molecule has 0 saturated heterocycles. The summed E-state index contributed by atoms with van der Waals surface area (Å²) in [5, 5.41) is 9.49. The predicted molar refractivity (Wildman–Crippen MR) is 253 cm³/mol. The Morgan fingerprint density at radius 1 is 0.590 bits per heavy atom. The molecule has 61 heavy (non-hydrogen) atoms. The quantitative estimate of drug-likeness (QED) is 0.0157. The highest BCUT2D eigenvalue weighted by Gasteiger charge is 2.27. The van der Waals surface area contributed by atoms with Crippen LogP contribution in [0.3, 0.4) is 0 Å². The molecule has 0 aromatic heterocycles. The summed E-state index contributed by atoms with van der Waals surface area (Å²) >= 11 is 0. The number of quaternary nitrogens is 1. The molecule has 1 unspecified atom stereocenters. The zero-order valence-electron chi connectivity index (χ0n) is 37.9. The molecular formula is C50H79NO9P+. The van der Waals surface area contributed by atoms with Crippen LogP contribution in [0.4, 0.5) is 0 Å². The van der Waals surface area contributed by atoms with Crippen molar-refractivity contribution < 1.29 is 47.2 Å². The fourth-order valence-corrected chi connectivity index (χ4v) is 5.53. The van der Waals surface area contributed by atoms with Crippen LogP contribution in [0.15, 0.2) is 134 Å². The van der Waals surface area contributed by atoms with E-state index in [4.69, 9.17) is 18.5 Å². The molecule has 0 aromatic carbocycles. The van der Waals surface area contributed by atoms with Crippen molar-refractivity contribution in [3.05, 3.63) is 134 Å². The van der Waals surface area contributed by atoms with Gasteiger partial charge in [-0.2, -0.15) is 0 Å². The molecule has 10 nitrogen and oxygen atoms in total. The van der Waals surface area contributed by atoms with Crippen LogP contribution in [0, 0.1) is 0 Å². The highest BCUT2D eigenvalue weighted by Crippen LogP contribution is 2.43. The molecule has 0 radical (unpaired) electrons. The zero-order valence-corrected chi connectivity index (χ0v) is 38.8. The maximum absolute atomic E-state index is 12.7. The lowest BCUT2D eigenvalue weighted by Crippen LogP contribution is -2.37. The first kappa shape index (κ1) is 57.1. The minimum atomic E-state index is -4.43. The largest absolute Gasteiger partial charge is 0.472 e. The van der Waals surface area contributed by atoms with Gasteiger partial charge in [0, 0.05) is 12.8 Å². The molecule has 0 heterocycles. The van der Waals surface area contributed by atoms with Crippen LogP contribution < -0.4 is 0 Å². The Balaban J connectivity index is 4.63. The van der Waals surface area contributed by atoms with E-state index in [0.717, 1.165) is 57.8 Å². The Kier molecular flexibility index (Phi) is 37.6. The van der Waals surface area contributed by atoms with E-state index in [9.17, 15) is 24.2 Å². The fraction of sp³-hybridized carbons (Fsp3) is 0.520. The zero-order chi connectivity index (χ0) is 45.1. The summed E-state index contributed by atoms with van der Waals surface area (Å²) in [5.74, 6) is -1.00. The average molecular weight is 869 g/mol. The van der Waals surface area contributed by atoms with Gasteiger partial charge in [-0.15, -0.1) is 0 Å². The molecule has 0 amide bonds. The number of ether oxygens (including phenoxy) is 2. The molecule has 342 valence electrons. The summed E-state index contributed by atoms with van der Waals surface area (Å²) in [5.41, 5.74) is 0. The van der Waals surface area contributed by atoms with Crippen LogP contribution in [0.25, 0.3) is 0 Å². The van der Waals surface area contributed by atoms with Crippen molar-refractivity contribution in [2.45, 2.75) is 122 Å². The second-order valence-electron chi connectivity index (χ2n) is 15.2. The maximum atomic E-state index is 12.7. The Labute approximate surface area is 369 Å². The molecule has 11 heteroatoms. The van der Waals surface area contributed by atoms with Crippen molar-refractivity contribution in [2.75, 3.05) is 47.5 Å². The minimum absolute atomic E-state index is 0.00543. The average Bonchev–Trinajstić information content (AvgIpc) is 3.21. The summed E-state index contributed by atoms with van der Waals surface area (Å²) in [6, 6.07) is 0. The van der Waals surface area contributed by atoms with Gasteiger partial charge >= 0.3 is 19.8 Å². The van der Waals surface area contributed by atoms with Gasteiger partial charge in [0.15, 0.2) is 6.10 Å². The third-order valence-corrected chi connectivity index (χ3v) is 9.33. The topological polar surface area (TPSA) is 129 Å². The van der Waals surface area contributed by atoms with Gasteiger partial charge < -0.3 is 24.0 Å². The molecule has 0 aliphatic heterocycles. The summed E-state index contributed by atoms with van der Waals surface area (Å²) in [7, 11) is 1.35. The number of hydrogen-bond donors (Lipinski definition) is 2. The molecule has 0 saturated carbocycles. The normalized spacial score (nSPS) is 15.3. The van der Waals surface area contributed by atoms with Crippen LogP contribution in [0.1, 0.15) is 110 Å². The van der Waals surface area contributed by atoms with Crippen LogP contribution in [-0.4, -0.2) is 86.1 Å². The number of aliphatic hydroxyl groups is 1. The van der Waals surface area contributed by atoms with Crippen molar-refractivity contribution >= 4 is 19.8 Å². The van der Waals surface area contributed by atoms with Crippen LogP contribution in [0.5, 0.6) is 0 Å². The number of esters is 2. The molecule has 0 fully saturated rings. The number of rotatable bonds is 37. The second kappa shape index (κ2) is 40.2. The second-order valence-corrected chi connectivity index (χ2v) is 16.6. The molecule has 0 aromatic rings. The lowest BCUT2D eigenvalue weighted by molar-refractivity contribution is -0.870. The van der Waals surface area contributed by atoms with Gasteiger partial charge in [0.1, 0.15) is 19.8 Å². The number of phosphoric ester groups is 1.